The third-order valence-corrected chi connectivity index (χ3v) is 3.01. The maximum atomic E-state index is 11.3. The van der Waals surface area contributed by atoms with Crippen LogP contribution in [0.25, 0.3) is 0 Å². The smallest absolute Gasteiger partial charge is 0.133 e. The van der Waals surface area contributed by atoms with Crippen molar-refractivity contribution in [3.63, 3.8) is 0 Å². The number of ketones is 1. The fourth-order valence-corrected chi connectivity index (χ4v) is 2.07. The van der Waals surface area contributed by atoms with Crippen molar-refractivity contribution in [2.24, 2.45) is 11.8 Å². The molecule has 0 spiro atoms. The summed E-state index contributed by atoms with van der Waals surface area (Å²) in [4.78, 5) is 15.5. The highest BCUT2D eigenvalue weighted by molar-refractivity contribution is 7.09. The van der Waals surface area contributed by atoms with Crippen LogP contribution in [0.5, 0.6) is 0 Å². The number of nitrogens with zero attached hydrogens (tertiary/aromatic N) is 1. The maximum Gasteiger partial charge on any atom is 0.133 e. The number of Topliss-reactive ketones (excluding diaryl/α,β-unsaturated/α-hetero) is 1. The summed E-state index contributed by atoms with van der Waals surface area (Å²) in [5.41, 5.74) is 0. The van der Waals surface area contributed by atoms with Crippen LogP contribution in [0.4, 0.5) is 0 Å². The SMILES string of the molecule is CC(=O)C(Cc1nccs1)C(C)C. The summed E-state index contributed by atoms with van der Waals surface area (Å²) < 4.78 is 0. The zero-order valence-corrected chi connectivity index (χ0v) is 9.10. The Labute approximate surface area is 83.0 Å². The number of aromatic nitrogens is 1. The van der Waals surface area contributed by atoms with Crippen molar-refractivity contribution < 1.29 is 4.79 Å². The van der Waals surface area contributed by atoms with Crippen LogP contribution >= 0.6 is 11.3 Å². The molecule has 13 heavy (non-hydrogen) atoms. The van der Waals surface area contributed by atoms with Gasteiger partial charge in [0, 0.05) is 23.9 Å². The van der Waals surface area contributed by atoms with E-state index in [0.717, 1.165) is 11.4 Å². The molecule has 0 aliphatic rings. The summed E-state index contributed by atoms with van der Waals surface area (Å²) in [5, 5.41) is 3.02. The zero-order chi connectivity index (χ0) is 9.84. The highest BCUT2D eigenvalue weighted by Gasteiger charge is 2.19. The van der Waals surface area contributed by atoms with Crippen LogP contribution in [0.3, 0.4) is 0 Å². The van der Waals surface area contributed by atoms with Gasteiger partial charge in [-0.3, -0.25) is 4.79 Å². The lowest BCUT2D eigenvalue weighted by molar-refractivity contribution is -0.121. The van der Waals surface area contributed by atoms with Crippen LogP contribution in [0.1, 0.15) is 25.8 Å². The summed E-state index contributed by atoms with van der Waals surface area (Å²) in [6, 6.07) is 0. The third-order valence-electron chi connectivity index (χ3n) is 2.20. The van der Waals surface area contributed by atoms with Gasteiger partial charge in [-0.2, -0.15) is 0 Å². The second kappa shape index (κ2) is 4.51. The van der Waals surface area contributed by atoms with Gasteiger partial charge in [0.2, 0.25) is 0 Å². The van der Waals surface area contributed by atoms with E-state index in [4.69, 9.17) is 0 Å². The summed E-state index contributed by atoms with van der Waals surface area (Å²) >= 11 is 1.62. The molecular formula is C10H15NOS. The van der Waals surface area contributed by atoms with Crippen molar-refractivity contribution in [2.75, 3.05) is 0 Å². The Kier molecular flexibility index (Phi) is 3.60. The van der Waals surface area contributed by atoms with Crippen LogP contribution in [0, 0.1) is 11.8 Å². The number of thiazole rings is 1. The molecule has 0 N–H and O–H groups in total. The summed E-state index contributed by atoms with van der Waals surface area (Å²) in [6.07, 6.45) is 2.59. The largest absolute Gasteiger partial charge is 0.300 e. The Hall–Kier alpha value is -0.700. The lowest BCUT2D eigenvalue weighted by Crippen LogP contribution is -2.19. The first-order valence-corrected chi connectivity index (χ1v) is 5.38. The van der Waals surface area contributed by atoms with Crippen molar-refractivity contribution in [2.45, 2.75) is 27.2 Å². The van der Waals surface area contributed by atoms with E-state index in [1.807, 2.05) is 5.38 Å². The predicted molar refractivity (Wildman–Crippen MR) is 54.8 cm³/mol. The molecule has 1 rings (SSSR count). The lowest BCUT2D eigenvalue weighted by Gasteiger charge is -2.15. The molecule has 0 saturated carbocycles. The first-order chi connectivity index (χ1) is 6.11. The molecule has 0 saturated heterocycles. The van der Waals surface area contributed by atoms with Crippen LogP contribution < -0.4 is 0 Å². The molecule has 2 nitrogen and oxygen atoms in total. The van der Waals surface area contributed by atoms with Gasteiger partial charge in [-0.15, -0.1) is 11.3 Å². The van der Waals surface area contributed by atoms with E-state index in [0.29, 0.717) is 5.92 Å². The molecule has 1 aromatic rings. The molecule has 72 valence electrons. The second-order valence-corrected chi connectivity index (χ2v) is 4.57. The second-order valence-electron chi connectivity index (χ2n) is 3.59. The molecule has 0 radical (unpaired) electrons. The Bertz CT molecular complexity index is 266. The molecule has 0 aromatic carbocycles. The van der Waals surface area contributed by atoms with Crippen LogP contribution in [0.2, 0.25) is 0 Å². The highest BCUT2D eigenvalue weighted by Crippen LogP contribution is 2.19. The fraction of sp³-hybridized carbons (Fsp3) is 0.600. The fourth-order valence-electron chi connectivity index (χ4n) is 1.39. The number of hydrogen-bond acceptors (Lipinski definition) is 3. The van der Waals surface area contributed by atoms with E-state index < -0.39 is 0 Å². The van der Waals surface area contributed by atoms with Gasteiger partial charge in [0.15, 0.2) is 0 Å². The van der Waals surface area contributed by atoms with Gasteiger partial charge in [0.25, 0.3) is 0 Å². The molecule has 1 aromatic heterocycles. The van der Waals surface area contributed by atoms with Gasteiger partial charge in [-0.25, -0.2) is 4.98 Å². The number of rotatable bonds is 4. The quantitative estimate of drug-likeness (QED) is 0.742. The minimum Gasteiger partial charge on any atom is -0.300 e. The van der Waals surface area contributed by atoms with Gasteiger partial charge >= 0.3 is 0 Å². The topological polar surface area (TPSA) is 30.0 Å². The highest BCUT2D eigenvalue weighted by atomic mass is 32.1. The standard InChI is InChI=1S/C10H15NOS/c1-7(2)9(8(3)12)6-10-11-4-5-13-10/h4-5,7,9H,6H2,1-3H3. The minimum absolute atomic E-state index is 0.131. The van der Waals surface area contributed by atoms with Gasteiger partial charge in [-0.05, 0) is 12.8 Å². The van der Waals surface area contributed by atoms with Crippen LogP contribution in [-0.4, -0.2) is 10.8 Å². The first-order valence-electron chi connectivity index (χ1n) is 4.50. The van der Waals surface area contributed by atoms with Gasteiger partial charge in [0.1, 0.15) is 5.78 Å². The number of hydrogen-bond donors (Lipinski definition) is 0. The van der Waals surface area contributed by atoms with Gasteiger partial charge in [-0.1, -0.05) is 13.8 Å². The number of carbonyl (C=O) groups is 1. The van der Waals surface area contributed by atoms with Gasteiger partial charge < -0.3 is 0 Å². The van der Waals surface area contributed by atoms with Crippen LogP contribution in [0.15, 0.2) is 11.6 Å². The van der Waals surface area contributed by atoms with Crippen molar-refractivity contribution in [1.82, 2.24) is 4.98 Å². The van der Waals surface area contributed by atoms with E-state index in [-0.39, 0.29) is 11.7 Å². The summed E-state index contributed by atoms with van der Waals surface area (Å²) in [5.74, 6) is 0.803. The Balaban J connectivity index is 2.63. The Morgan fingerprint density at radius 1 is 1.62 bits per heavy atom. The first kappa shape index (κ1) is 10.4. The normalized spacial score (nSPS) is 13.2. The molecule has 0 aliphatic carbocycles. The molecule has 1 unspecified atom stereocenters. The monoisotopic (exact) mass is 197 g/mol. The molecule has 3 heteroatoms. The van der Waals surface area contributed by atoms with Crippen molar-refractivity contribution >= 4 is 17.1 Å². The Morgan fingerprint density at radius 3 is 2.69 bits per heavy atom. The average Bonchev–Trinajstić information content (AvgIpc) is 2.50. The molecular weight excluding hydrogens is 182 g/mol. The van der Waals surface area contributed by atoms with Gasteiger partial charge in [0.05, 0.1) is 5.01 Å². The number of carbonyl (C=O) groups excluding carboxylic acids is 1. The van der Waals surface area contributed by atoms with Crippen molar-refractivity contribution in [3.8, 4) is 0 Å². The molecule has 1 heterocycles. The van der Waals surface area contributed by atoms with E-state index in [1.54, 1.807) is 24.5 Å². The molecule has 1 atom stereocenters. The maximum absolute atomic E-state index is 11.3. The van der Waals surface area contributed by atoms with Crippen molar-refractivity contribution in [1.29, 1.82) is 0 Å². The molecule has 0 amide bonds. The van der Waals surface area contributed by atoms with E-state index in [2.05, 4.69) is 18.8 Å². The predicted octanol–water partition coefficient (Wildman–Crippen LogP) is 2.55. The third kappa shape index (κ3) is 2.92. The van der Waals surface area contributed by atoms with E-state index in [1.165, 1.54) is 0 Å². The van der Waals surface area contributed by atoms with Crippen molar-refractivity contribution in [3.05, 3.63) is 16.6 Å². The van der Waals surface area contributed by atoms with E-state index >= 15 is 0 Å². The Morgan fingerprint density at radius 2 is 2.31 bits per heavy atom. The molecule has 0 aliphatic heterocycles. The average molecular weight is 197 g/mol. The van der Waals surface area contributed by atoms with E-state index in [9.17, 15) is 4.79 Å². The summed E-state index contributed by atoms with van der Waals surface area (Å²) in [7, 11) is 0. The zero-order valence-electron chi connectivity index (χ0n) is 8.28. The molecule has 0 fully saturated rings. The molecule has 0 bridgehead atoms. The van der Waals surface area contributed by atoms with Crippen LogP contribution in [-0.2, 0) is 11.2 Å². The summed E-state index contributed by atoms with van der Waals surface area (Å²) in [6.45, 7) is 5.83. The minimum atomic E-state index is 0.131. The lowest BCUT2D eigenvalue weighted by atomic mass is 9.89.